The minimum absolute atomic E-state index is 0.549. The Morgan fingerprint density at radius 1 is 1.18 bits per heavy atom. The summed E-state index contributed by atoms with van der Waals surface area (Å²) in [7, 11) is 0. The second-order valence-electron chi connectivity index (χ2n) is 4.42. The molecular formula is C15H20N2. The van der Waals surface area contributed by atoms with E-state index in [1.165, 1.54) is 18.2 Å². The predicted molar refractivity (Wildman–Crippen MR) is 74.4 cm³/mol. The van der Waals surface area contributed by atoms with Crippen LogP contribution in [0.1, 0.15) is 33.1 Å². The lowest BCUT2D eigenvalue weighted by Crippen LogP contribution is -2.18. The van der Waals surface area contributed by atoms with Gasteiger partial charge in [-0.05, 0) is 25.0 Å². The number of para-hydroxylation sites is 1. The number of aromatic nitrogens is 1. The number of hydrogen-bond donors (Lipinski definition) is 1. The van der Waals surface area contributed by atoms with Crippen molar-refractivity contribution in [1.29, 1.82) is 0 Å². The van der Waals surface area contributed by atoms with Crippen molar-refractivity contribution >= 4 is 16.6 Å². The molecule has 2 rings (SSSR count). The first-order chi connectivity index (χ1) is 8.35. The highest BCUT2D eigenvalue weighted by Crippen LogP contribution is 2.22. The molecule has 1 aromatic carbocycles. The maximum atomic E-state index is 4.47. The molecule has 0 aliphatic carbocycles. The first kappa shape index (κ1) is 11.9. The Hall–Kier alpha value is -1.57. The summed E-state index contributed by atoms with van der Waals surface area (Å²) in [5.41, 5.74) is 2.23. The van der Waals surface area contributed by atoms with Crippen molar-refractivity contribution in [2.24, 2.45) is 0 Å². The van der Waals surface area contributed by atoms with E-state index in [4.69, 9.17) is 0 Å². The van der Waals surface area contributed by atoms with E-state index in [1.807, 2.05) is 12.3 Å². The highest BCUT2D eigenvalue weighted by molar-refractivity contribution is 5.90. The van der Waals surface area contributed by atoms with Crippen LogP contribution in [0.5, 0.6) is 0 Å². The predicted octanol–water partition coefficient (Wildman–Crippen LogP) is 4.23. The topological polar surface area (TPSA) is 24.9 Å². The second kappa shape index (κ2) is 5.67. The third-order valence-corrected chi connectivity index (χ3v) is 3.12. The zero-order chi connectivity index (χ0) is 12.1. The van der Waals surface area contributed by atoms with Gasteiger partial charge in [-0.3, -0.25) is 4.98 Å². The van der Waals surface area contributed by atoms with Crippen molar-refractivity contribution in [2.45, 2.75) is 39.2 Å². The van der Waals surface area contributed by atoms with E-state index in [-0.39, 0.29) is 0 Å². The summed E-state index contributed by atoms with van der Waals surface area (Å²) in [5.74, 6) is 0. The van der Waals surface area contributed by atoms with Crippen molar-refractivity contribution in [2.75, 3.05) is 5.32 Å². The third kappa shape index (κ3) is 2.76. The maximum absolute atomic E-state index is 4.47. The molecule has 0 spiro atoms. The van der Waals surface area contributed by atoms with Crippen LogP contribution in [0.3, 0.4) is 0 Å². The van der Waals surface area contributed by atoms with Gasteiger partial charge in [-0.25, -0.2) is 0 Å². The van der Waals surface area contributed by atoms with E-state index in [9.17, 15) is 0 Å². The van der Waals surface area contributed by atoms with Gasteiger partial charge in [0.2, 0.25) is 0 Å². The van der Waals surface area contributed by atoms with Crippen LogP contribution in [0.15, 0.2) is 36.5 Å². The zero-order valence-corrected chi connectivity index (χ0v) is 10.6. The fourth-order valence-corrected chi connectivity index (χ4v) is 2.17. The summed E-state index contributed by atoms with van der Waals surface area (Å²) >= 11 is 0. The summed E-state index contributed by atoms with van der Waals surface area (Å²) in [6.45, 7) is 4.46. The van der Waals surface area contributed by atoms with Gasteiger partial charge in [-0.1, -0.05) is 38.5 Å². The van der Waals surface area contributed by atoms with Crippen molar-refractivity contribution in [3.63, 3.8) is 0 Å². The Balaban J connectivity index is 2.28. The van der Waals surface area contributed by atoms with Crippen LogP contribution in [-0.2, 0) is 0 Å². The van der Waals surface area contributed by atoms with Crippen LogP contribution in [0.4, 0.5) is 5.69 Å². The minimum Gasteiger partial charge on any atom is -0.381 e. The molecule has 90 valence electrons. The first-order valence-corrected chi connectivity index (χ1v) is 6.45. The smallest absolute Gasteiger partial charge is 0.0933 e. The lowest BCUT2D eigenvalue weighted by molar-refractivity contribution is 0.623. The highest BCUT2D eigenvalue weighted by atomic mass is 14.9. The van der Waals surface area contributed by atoms with E-state index < -0.39 is 0 Å². The SMILES string of the molecule is CCCC(CC)Nc1cccc2cccnc12. The minimum atomic E-state index is 0.549. The van der Waals surface area contributed by atoms with Crippen LogP contribution >= 0.6 is 0 Å². The van der Waals surface area contributed by atoms with Gasteiger partial charge in [0.1, 0.15) is 0 Å². The van der Waals surface area contributed by atoms with Crippen LogP contribution in [0.25, 0.3) is 10.9 Å². The monoisotopic (exact) mass is 228 g/mol. The average Bonchev–Trinajstić information content (AvgIpc) is 2.38. The molecule has 2 nitrogen and oxygen atoms in total. The molecule has 1 N–H and O–H groups in total. The molecule has 0 bridgehead atoms. The molecule has 1 atom stereocenters. The molecule has 0 fully saturated rings. The molecule has 0 saturated carbocycles. The summed E-state index contributed by atoms with van der Waals surface area (Å²) in [5, 5.41) is 4.81. The fourth-order valence-electron chi connectivity index (χ4n) is 2.17. The summed E-state index contributed by atoms with van der Waals surface area (Å²) in [6, 6.07) is 10.9. The normalized spacial score (nSPS) is 12.6. The highest BCUT2D eigenvalue weighted by Gasteiger charge is 2.07. The number of anilines is 1. The van der Waals surface area contributed by atoms with E-state index in [1.54, 1.807) is 0 Å². The molecule has 0 amide bonds. The summed E-state index contributed by atoms with van der Waals surface area (Å²) < 4.78 is 0. The van der Waals surface area contributed by atoms with Crippen molar-refractivity contribution in [3.05, 3.63) is 36.5 Å². The van der Waals surface area contributed by atoms with Gasteiger partial charge in [-0.15, -0.1) is 0 Å². The van der Waals surface area contributed by atoms with Gasteiger partial charge in [0.05, 0.1) is 11.2 Å². The number of fused-ring (bicyclic) bond motifs is 1. The summed E-state index contributed by atoms with van der Waals surface area (Å²) in [6.07, 6.45) is 5.43. The van der Waals surface area contributed by atoms with Crippen molar-refractivity contribution < 1.29 is 0 Å². The lowest BCUT2D eigenvalue weighted by atomic mass is 10.1. The van der Waals surface area contributed by atoms with Gasteiger partial charge in [0.15, 0.2) is 0 Å². The Labute approximate surface area is 103 Å². The third-order valence-electron chi connectivity index (χ3n) is 3.12. The lowest BCUT2D eigenvalue weighted by Gasteiger charge is -2.18. The van der Waals surface area contributed by atoms with Crippen molar-refractivity contribution in [3.8, 4) is 0 Å². The molecule has 1 aromatic heterocycles. The Bertz CT molecular complexity index is 474. The quantitative estimate of drug-likeness (QED) is 0.828. The van der Waals surface area contributed by atoms with Gasteiger partial charge in [-0.2, -0.15) is 0 Å². The molecule has 17 heavy (non-hydrogen) atoms. The van der Waals surface area contributed by atoms with Gasteiger partial charge >= 0.3 is 0 Å². The standard InChI is InChI=1S/C15H20N2/c1-3-7-13(4-2)17-14-10-5-8-12-9-6-11-16-15(12)14/h5-6,8-11,13,17H,3-4,7H2,1-2H3. The number of hydrogen-bond acceptors (Lipinski definition) is 2. The van der Waals surface area contributed by atoms with Gasteiger partial charge < -0.3 is 5.32 Å². The molecule has 1 heterocycles. The molecule has 2 heteroatoms. The molecule has 0 radical (unpaired) electrons. The molecule has 0 saturated heterocycles. The van der Waals surface area contributed by atoms with Crippen LogP contribution in [-0.4, -0.2) is 11.0 Å². The number of pyridine rings is 1. The average molecular weight is 228 g/mol. The van der Waals surface area contributed by atoms with Crippen LogP contribution < -0.4 is 5.32 Å². The molecule has 1 unspecified atom stereocenters. The fraction of sp³-hybridized carbons (Fsp3) is 0.400. The van der Waals surface area contributed by atoms with Gasteiger partial charge in [0.25, 0.3) is 0 Å². The molecular weight excluding hydrogens is 208 g/mol. The van der Waals surface area contributed by atoms with Crippen LogP contribution in [0, 0.1) is 0 Å². The Kier molecular flexibility index (Phi) is 3.97. The number of benzene rings is 1. The van der Waals surface area contributed by atoms with E-state index in [0.717, 1.165) is 17.6 Å². The number of nitrogens with zero attached hydrogens (tertiary/aromatic N) is 1. The molecule has 0 aliphatic rings. The molecule has 2 aromatic rings. The number of nitrogens with one attached hydrogen (secondary N) is 1. The van der Waals surface area contributed by atoms with Crippen LogP contribution in [0.2, 0.25) is 0 Å². The van der Waals surface area contributed by atoms with E-state index in [0.29, 0.717) is 6.04 Å². The second-order valence-corrected chi connectivity index (χ2v) is 4.42. The zero-order valence-electron chi connectivity index (χ0n) is 10.6. The Morgan fingerprint density at radius 2 is 2.00 bits per heavy atom. The first-order valence-electron chi connectivity index (χ1n) is 6.45. The maximum Gasteiger partial charge on any atom is 0.0933 e. The molecule has 0 aliphatic heterocycles. The van der Waals surface area contributed by atoms with Crippen molar-refractivity contribution in [1.82, 2.24) is 4.98 Å². The van der Waals surface area contributed by atoms with E-state index in [2.05, 4.69) is 48.4 Å². The van der Waals surface area contributed by atoms with E-state index >= 15 is 0 Å². The number of rotatable bonds is 5. The summed E-state index contributed by atoms with van der Waals surface area (Å²) in [4.78, 5) is 4.47. The van der Waals surface area contributed by atoms with Gasteiger partial charge in [0, 0.05) is 17.6 Å². The largest absolute Gasteiger partial charge is 0.381 e. The Morgan fingerprint density at radius 3 is 2.76 bits per heavy atom.